The van der Waals surface area contributed by atoms with E-state index in [2.05, 4.69) is 15.5 Å². The van der Waals surface area contributed by atoms with Gasteiger partial charge in [0.2, 0.25) is 11.8 Å². The Kier molecular flexibility index (Phi) is 6.23. The number of rotatable bonds is 7. The van der Waals surface area contributed by atoms with Crippen LogP contribution in [-0.2, 0) is 4.79 Å². The summed E-state index contributed by atoms with van der Waals surface area (Å²) in [6, 6.07) is 11.4. The Hall–Kier alpha value is -3.27. The molecule has 3 rings (SSSR count). The highest BCUT2D eigenvalue weighted by Crippen LogP contribution is 2.28. The number of aromatic nitrogens is 2. The van der Waals surface area contributed by atoms with Crippen molar-refractivity contribution in [3.63, 3.8) is 0 Å². The third-order valence-corrected chi connectivity index (χ3v) is 5.02. The molecular formula is C19H17FN4O4S. The summed E-state index contributed by atoms with van der Waals surface area (Å²) in [5.74, 6) is -0.461. The number of halogens is 1. The maximum absolute atomic E-state index is 13.0. The van der Waals surface area contributed by atoms with Crippen LogP contribution in [0.5, 0.6) is 0 Å². The maximum atomic E-state index is 13.0. The summed E-state index contributed by atoms with van der Waals surface area (Å²) in [7, 11) is 0. The minimum Gasteiger partial charge on any atom is -0.411 e. The molecule has 1 N–H and O–H groups in total. The largest absolute Gasteiger partial charge is 0.411 e. The van der Waals surface area contributed by atoms with E-state index < -0.39 is 10.2 Å². The molecule has 0 aliphatic rings. The molecule has 3 aromatic rings. The number of nitro groups is 1. The van der Waals surface area contributed by atoms with Gasteiger partial charge in [-0.15, -0.1) is 10.2 Å². The quantitative estimate of drug-likeness (QED) is 0.350. The van der Waals surface area contributed by atoms with Crippen LogP contribution >= 0.6 is 11.8 Å². The number of non-ortho nitro benzene ring substituents is 1. The van der Waals surface area contributed by atoms with Crippen molar-refractivity contribution in [2.75, 3.05) is 0 Å². The maximum Gasteiger partial charge on any atom is 0.277 e. The third kappa shape index (κ3) is 5.17. The van der Waals surface area contributed by atoms with Gasteiger partial charge in [0.25, 0.3) is 10.9 Å². The van der Waals surface area contributed by atoms with Crippen LogP contribution in [0.25, 0.3) is 11.5 Å². The van der Waals surface area contributed by atoms with E-state index >= 15 is 0 Å². The van der Waals surface area contributed by atoms with Gasteiger partial charge in [0, 0.05) is 17.7 Å². The van der Waals surface area contributed by atoms with Crippen molar-refractivity contribution in [3.05, 3.63) is 70.0 Å². The molecule has 1 amide bonds. The lowest BCUT2D eigenvalue weighted by Crippen LogP contribution is -2.33. The van der Waals surface area contributed by atoms with Gasteiger partial charge < -0.3 is 9.73 Å². The molecular weight excluding hydrogens is 399 g/mol. The molecule has 0 spiro atoms. The van der Waals surface area contributed by atoms with Gasteiger partial charge in [-0.3, -0.25) is 14.9 Å². The average Bonchev–Trinajstić information content (AvgIpc) is 3.17. The van der Waals surface area contributed by atoms with E-state index in [0.717, 1.165) is 17.3 Å². The number of nitrogens with one attached hydrogen (secondary N) is 1. The molecule has 0 radical (unpaired) electrons. The SMILES string of the molecule is C[C@@H](Sc1nnc(-c2cccc([N+](=O)[O-])c2)o1)C(=O)N[C@H](C)c1ccc(F)cc1. The first-order chi connectivity index (χ1) is 13.8. The summed E-state index contributed by atoms with van der Waals surface area (Å²) < 4.78 is 18.5. The predicted molar refractivity (Wildman–Crippen MR) is 105 cm³/mol. The average molecular weight is 416 g/mol. The molecule has 2 atom stereocenters. The highest BCUT2D eigenvalue weighted by atomic mass is 32.2. The van der Waals surface area contributed by atoms with E-state index in [-0.39, 0.29) is 34.6 Å². The summed E-state index contributed by atoms with van der Waals surface area (Å²) in [6.45, 7) is 3.49. The summed E-state index contributed by atoms with van der Waals surface area (Å²) in [4.78, 5) is 22.8. The van der Waals surface area contributed by atoms with Crippen LogP contribution < -0.4 is 5.32 Å². The van der Waals surface area contributed by atoms with Gasteiger partial charge in [-0.1, -0.05) is 30.0 Å². The summed E-state index contributed by atoms with van der Waals surface area (Å²) in [5, 5.41) is 21.2. The molecule has 10 heteroatoms. The molecule has 0 saturated carbocycles. The predicted octanol–water partition coefficient (Wildman–Crippen LogP) is 4.14. The normalized spacial score (nSPS) is 12.9. The van der Waals surface area contributed by atoms with Crippen LogP contribution in [-0.4, -0.2) is 26.3 Å². The number of nitrogens with zero attached hydrogens (tertiary/aromatic N) is 3. The van der Waals surface area contributed by atoms with Gasteiger partial charge in [0.05, 0.1) is 16.2 Å². The summed E-state index contributed by atoms with van der Waals surface area (Å²) in [6.07, 6.45) is 0. The highest BCUT2D eigenvalue weighted by molar-refractivity contribution is 8.00. The Morgan fingerprint density at radius 3 is 2.62 bits per heavy atom. The Bertz CT molecular complexity index is 1030. The van der Waals surface area contributed by atoms with Crippen molar-refractivity contribution in [1.29, 1.82) is 0 Å². The Balaban J connectivity index is 1.63. The molecule has 2 aromatic carbocycles. The number of nitro benzene ring substituents is 1. The lowest BCUT2D eigenvalue weighted by atomic mass is 10.1. The van der Waals surface area contributed by atoms with E-state index in [1.54, 1.807) is 32.0 Å². The van der Waals surface area contributed by atoms with Gasteiger partial charge in [-0.05, 0) is 37.6 Å². The second kappa shape index (κ2) is 8.82. The Morgan fingerprint density at radius 1 is 1.21 bits per heavy atom. The monoisotopic (exact) mass is 416 g/mol. The molecule has 1 aromatic heterocycles. The zero-order valence-electron chi connectivity index (χ0n) is 15.5. The lowest BCUT2D eigenvalue weighted by Gasteiger charge is -2.16. The van der Waals surface area contributed by atoms with Gasteiger partial charge in [0.1, 0.15) is 5.82 Å². The fourth-order valence-corrected chi connectivity index (χ4v) is 3.19. The van der Waals surface area contributed by atoms with Crippen molar-refractivity contribution in [3.8, 4) is 11.5 Å². The van der Waals surface area contributed by atoms with E-state index in [4.69, 9.17) is 4.42 Å². The van der Waals surface area contributed by atoms with Crippen molar-refractivity contribution in [2.24, 2.45) is 0 Å². The zero-order valence-corrected chi connectivity index (χ0v) is 16.4. The van der Waals surface area contributed by atoms with Crippen LogP contribution in [0.3, 0.4) is 0 Å². The van der Waals surface area contributed by atoms with Crippen LogP contribution in [0.4, 0.5) is 10.1 Å². The Labute approximate surface area is 169 Å². The molecule has 0 aliphatic carbocycles. The van der Waals surface area contributed by atoms with Crippen LogP contribution in [0.2, 0.25) is 0 Å². The second-order valence-electron chi connectivity index (χ2n) is 6.22. The topological polar surface area (TPSA) is 111 Å². The minimum atomic E-state index is -0.531. The first kappa shape index (κ1) is 20.5. The molecule has 0 aliphatic heterocycles. The van der Waals surface area contributed by atoms with E-state index in [0.29, 0.717) is 5.56 Å². The van der Waals surface area contributed by atoms with Crippen molar-refractivity contribution in [1.82, 2.24) is 15.5 Å². The van der Waals surface area contributed by atoms with Gasteiger partial charge in [0.15, 0.2) is 0 Å². The lowest BCUT2D eigenvalue weighted by molar-refractivity contribution is -0.384. The third-order valence-electron chi connectivity index (χ3n) is 4.09. The van der Waals surface area contributed by atoms with Gasteiger partial charge >= 0.3 is 0 Å². The number of benzene rings is 2. The number of hydrogen-bond donors (Lipinski definition) is 1. The fourth-order valence-electron chi connectivity index (χ4n) is 2.50. The van der Waals surface area contributed by atoms with Crippen LogP contribution in [0, 0.1) is 15.9 Å². The fraction of sp³-hybridized carbons (Fsp3) is 0.211. The molecule has 0 unspecified atom stereocenters. The molecule has 0 fully saturated rings. The van der Waals surface area contributed by atoms with Crippen molar-refractivity contribution < 1.29 is 18.5 Å². The van der Waals surface area contributed by atoms with E-state index in [1.165, 1.54) is 30.3 Å². The Morgan fingerprint density at radius 2 is 1.93 bits per heavy atom. The highest BCUT2D eigenvalue weighted by Gasteiger charge is 2.21. The standard InChI is InChI=1S/C19H17FN4O4S/c1-11(13-6-8-15(20)9-7-13)21-17(25)12(2)29-19-23-22-18(28-19)14-4-3-5-16(10-14)24(26)27/h3-12H,1-2H3,(H,21,25)/t11-,12-/m1/s1. The van der Waals surface area contributed by atoms with Gasteiger partial charge in [-0.2, -0.15) is 0 Å². The first-order valence-electron chi connectivity index (χ1n) is 8.64. The number of hydrogen-bond acceptors (Lipinski definition) is 7. The number of thioether (sulfide) groups is 1. The molecule has 0 saturated heterocycles. The van der Waals surface area contributed by atoms with Crippen molar-refractivity contribution >= 4 is 23.4 Å². The number of carbonyl (C=O) groups is 1. The molecule has 8 nitrogen and oxygen atoms in total. The molecule has 29 heavy (non-hydrogen) atoms. The van der Waals surface area contributed by atoms with Crippen LogP contribution in [0.15, 0.2) is 58.2 Å². The van der Waals surface area contributed by atoms with Gasteiger partial charge in [-0.25, -0.2) is 4.39 Å². The molecule has 1 heterocycles. The van der Waals surface area contributed by atoms with E-state index in [9.17, 15) is 19.3 Å². The summed E-state index contributed by atoms with van der Waals surface area (Å²) >= 11 is 1.07. The van der Waals surface area contributed by atoms with Crippen LogP contribution in [0.1, 0.15) is 25.5 Å². The molecule has 150 valence electrons. The summed E-state index contributed by atoms with van der Waals surface area (Å²) in [5.41, 5.74) is 1.11. The van der Waals surface area contributed by atoms with E-state index in [1.807, 2.05) is 0 Å². The first-order valence-corrected chi connectivity index (χ1v) is 9.52. The number of amides is 1. The second-order valence-corrected chi connectivity index (χ2v) is 7.51. The minimum absolute atomic E-state index is 0.0857. The smallest absolute Gasteiger partial charge is 0.277 e. The zero-order chi connectivity index (χ0) is 21.0. The van der Waals surface area contributed by atoms with Crippen molar-refractivity contribution in [2.45, 2.75) is 30.4 Å². The molecule has 0 bridgehead atoms. The number of carbonyl (C=O) groups excluding carboxylic acids is 1.